The fraction of sp³-hybridized carbons (Fsp3) is 0.176. The van der Waals surface area contributed by atoms with E-state index < -0.39 is 5.82 Å². The second kappa shape index (κ2) is 6.48. The van der Waals surface area contributed by atoms with Crippen LogP contribution in [0.15, 0.2) is 42.5 Å². The van der Waals surface area contributed by atoms with Gasteiger partial charge in [0.15, 0.2) is 18.2 Å². The lowest BCUT2D eigenvalue weighted by Crippen LogP contribution is -2.28. The number of halogens is 1. The number of carbonyl (C=O) groups is 1. The molecule has 0 saturated heterocycles. The van der Waals surface area contributed by atoms with Crippen LogP contribution < -0.4 is 10.1 Å². The Balaban J connectivity index is 1.54. The molecule has 0 aliphatic rings. The first-order valence-electron chi connectivity index (χ1n) is 7.21. The molecule has 0 bridgehead atoms. The highest BCUT2D eigenvalue weighted by Crippen LogP contribution is 2.15. The normalized spacial score (nSPS) is 10.7. The molecule has 118 valence electrons. The lowest BCUT2D eigenvalue weighted by Gasteiger charge is -2.08. The highest BCUT2D eigenvalue weighted by atomic mass is 19.1. The molecule has 2 aromatic carbocycles. The van der Waals surface area contributed by atoms with Crippen LogP contribution in [-0.4, -0.2) is 22.5 Å². The molecule has 0 saturated carbocycles. The zero-order valence-electron chi connectivity index (χ0n) is 12.6. The number of aryl methyl sites for hydroxylation is 1. The van der Waals surface area contributed by atoms with Gasteiger partial charge in [0, 0.05) is 6.54 Å². The number of H-pyrrole nitrogens is 1. The third-order valence-electron chi connectivity index (χ3n) is 3.35. The molecule has 1 heterocycles. The van der Waals surface area contributed by atoms with Gasteiger partial charge in [-0.05, 0) is 36.8 Å². The number of fused-ring (bicyclic) bond motifs is 1. The summed E-state index contributed by atoms with van der Waals surface area (Å²) in [5.74, 6) is 0.117. The number of ether oxygens (including phenoxy) is 1. The van der Waals surface area contributed by atoms with Crippen molar-refractivity contribution in [1.82, 2.24) is 15.3 Å². The molecule has 2 N–H and O–H groups in total. The maximum absolute atomic E-state index is 13.4. The molecule has 23 heavy (non-hydrogen) atoms. The van der Waals surface area contributed by atoms with Crippen molar-refractivity contribution in [2.24, 2.45) is 0 Å². The molecule has 5 nitrogen and oxygen atoms in total. The van der Waals surface area contributed by atoms with Crippen LogP contribution in [0.1, 0.15) is 11.4 Å². The maximum atomic E-state index is 13.4. The summed E-state index contributed by atoms with van der Waals surface area (Å²) in [4.78, 5) is 19.3. The topological polar surface area (TPSA) is 67.0 Å². The molecule has 6 heteroatoms. The van der Waals surface area contributed by atoms with E-state index in [0.717, 1.165) is 22.4 Å². The van der Waals surface area contributed by atoms with Crippen molar-refractivity contribution >= 4 is 16.9 Å². The third-order valence-corrected chi connectivity index (χ3v) is 3.35. The second-order valence-electron chi connectivity index (χ2n) is 5.17. The Morgan fingerprint density at radius 2 is 2.13 bits per heavy atom. The summed E-state index contributed by atoms with van der Waals surface area (Å²) in [5.41, 5.74) is 2.76. The van der Waals surface area contributed by atoms with Crippen LogP contribution in [-0.2, 0) is 11.3 Å². The SMILES string of the molecule is Cc1nc2ccc(CNC(=O)COc3ccccc3F)cc2[nH]1. The number of aromatic amines is 1. The van der Waals surface area contributed by atoms with E-state index >= 15 is 0 Å². The molecule has 0 fully saturated rings. The monoisotopic (exact) mass is 313 g/mol. The standard InChI is InChI=1S/C17H16FN3O2/c1-11-20-14-7-6-12(8-15(14)21-11)9-19-17(22)10-23-16-5-3-2-4-13(16)18/h2-8H,9-10H2,1H3,(H,19,22)(H,20,21). The van der Waals surface area contributed by atoms with Crippen LogP contribution in [0.25, 0.3) is 11.0 Å². The van der Waals surface area contributed by atoms with E-state index in [4.69, 9.17) is 4.74 Å². The van der Waals surface area contributed by atoms with Crippen molar-refractivity contribution in [2.75, 3.05) is 6.61 Å². The third kappa shape index (κ3) is 3.66. The van der Waals surface area contributed by atoms with E-state index in [1.807, 2.05) is 25.1 Å². The highest BCUT2D eigenvalue weighted by Gasteiger charge is 2.07. The number of aromatic nitrogens is 2. The molecule has 0 aliphatic heterocycles. The molecule has 0 spiro atoms. The van der Waals surface area contributed by atoms with E-state index in [1.54, 1.807) is 12.1 Å². The molecule has 1 aromatic heterocycles. The number of rotatable bonds is 5. The van der Waals surface area contributed by atoms with Gasteiger partial charge in [-0.2, -0.15) is 0 Å². The molecule has 0 radical (unpaired) electrons. The Bertz CT molecular complexity index is 845. The number of hydrogen-bond acceptors (Lipinski definition) is 3. The van der Waals surface area contributed by atoms with Crippen LogP contribution in [0.4, 0.5) is 4.39 Å². The Morgan fingerprint density at radius 1 is 1.30 bits per heavy atom. The summed E-state index contributed by atoms with van der Waals surface area (Å²) in [6.07, 6.45) is 0. The van der Waals surface area contributed by atoms with Crippen molar-refractivity contribution in [1.29, 1.82) is 0 Å². The zero-order valence-corrected chi connectivity index (χ0v) is 12.6. The summed E-state index contributed by atoms with van der Waals surface area (Å²) in [6.45, 7) is 2.03. The van der Waals surface area contributed by atoms with E-state index in [-0.39, 0.29) is 18.3 Å². The molecule has 3 aromatic rings. The number of hydrogen-bond donors (Lipinski definition) is 2. The van der Waals surface area contributed by atoms with Gasteiger partial charge in [0.1, 0.15) is 5.82 Å². The molecule has 0 aliphatic carbocycles. The molecular formula is C17H16FN3O2. The number of carbonyl (C=O) groups excluding carboxylic acids is 1. The molecule has 0 unspecified atom stereocenters. The Kier molecular flexibility index (Phi) is 4.23. The number of imidazole rings is 1. The number of nitrogens with zero attached hydrogens (tertiary/aromatic N) is 1. The average Bonchev–Trinajstić information content (AvgIpc) is 2.91. The van der Waals surface area contributed by atoms with Gasteiger partial charge >= 0.3 is 0 Å². The quantitative estimate of drug-likeness (QED) is 0.761. The van der Waals surface area contributed by atoms with Gasteiger partial charge in [-0.1, -0.05) is 18.2 Å². The minimum atomic E-state index is -0.486. The summed E-state index contributed by atoms with van der Waals surface area (Å²) < 4.78 is 18.5. The van der Waals surface area contributed by atoms with E-state index in [2.05, 4.69) is 15.3 Å². The summed E-state index contributed by atoms with van der Waals surface area (Å²) in [6, 6.07) is 11.7. The van der Waals surface area contributed by atoms with Crippen molar-refractivity contribution in [3.8, 4) is 5.75 Å². The minimum absolute atomic E-state index is 0.0667. The molecule has 1 amide bonds. The summed E-state index contributed by atoms with van der Waals surface area (Å²) in [5, 5.41) is 2.74. The average molecular weight is 313 g/mol. The van der Waals surface area contributed by atoms with Gasteiger partial charge in [-0.15, -0.1) is 0 Å². The molecule has 0 atom stereocenters. The first-order chi connectivity index (χ1) is 11.1. The summed E-state index contributed by atoms with van der Waals surface area (Å²) in [7, 11) is 0. The van der Waals surface area contributed by atoms with Crippen LogP contribution >= 0.6 is 0 Å². The van der Waals surface area contributed by atoms with Crippen molar-refractivity contribution in [3.63, 3.8) is 0 Å². The number of nitrogens with one attached hydrogen (secondary N) is 2. The fourth-order valence-electron chi connectivity index (χ4n) is 2.25. The lowest BCUT2D eigenvalue weighted by molar-refractivity contribution is -0.123. The number of benzene rings is 2. The zero-order chi connectivity index (χ0) is 16.2. The van der Waals surface area contributed by atoms with Gasteiger partial charge in [0.05, 0.1) is 11.0 Å². The first-order valence-corrected chi connectivity index (χ1v) is 7.21. The van der Waals surface area contributed by atoms with Gasteiger partial charge in [-0.3, -0.25) is 4.79 Å². The maximum Gasteiger partial charge on any atom is 0.258 e. The van der Waals surface area contributed by atoms with Gasteiger partial charge in [0.25, 0.3) is 5.91 Å². The fourth-order valence-corrected chi connectivity index (χ4v) is 2.25. The van der Waals surface area contributed by atoms with E-state index in [9.17, 15) is 9.18 Å². The number of para-hydroxylation sites is 1. The predicted molar refractivity (Wildman–Crippen MR) is 84.6 cm³/mol. The Hall–Kier alpha value is -2.89. The van der Waals surface area contributed by atoms with Crippen LogP contribution in [0.5, 0.6) is 5.75 Å². The van der Waals surface area contributed by atoms with E-state index in [1.165, 1.54) is 12.1 Å². The van der Waals surface area contributed by atoms with Crippen molar-refractivity contribution in [2.45, 2.75) is 13.5 Å². The largest absolute Gasteiger partial charge is 0.481 e. The number of amides is 1. The summed E-state index contributed by atoms with van der Waals surface area (Å²) >= 11 is 0. The highest BCUT2D eigenvalue weighted by molar-refractivity contribution is 5.78. The minimum Gasteiger partial charge on any atom is -0.481 e. The van der Waals surface area contributed by atoms with E-state index in [0.29, 0.717) is 6.54 Å². The van der Waals surface area contributed by atoms with Crippen molar-refractivity contribution < 1.29 is 13.9 Å². The molecule has 3 rings (SSSR count). The Morgan fingerprint density at radius 3 is 2.96 bits per heavy atom. The second-order valence-corrected chi connectivity index (χ2v) is 5.17. The van der Waals surface area contributed by atoms with Crippen molar-refractivity contribution in [3.05, 3.63) is 59.7 Å². The van der Waals surface area contributed by atoms with Crippen LogP contribution in [0, 0.1) is 12.7 Å². The first kappa shape index (κ1) is 15.0. The van der Waals surface area contributed by atoms with Gasteiger partial charge < -0.3 is 15.0 Å². The lowest BCUT2D eigenvalue weighted by atomic mass is 10.2. The smallest absolute Gasteiger partial charge is 0.258 e. The van der Waals surface area contributed by atoms with Crippen LogP contribution in [0.2, 0.25) is 0 Å². The Labute approximate surface area is 132 Å². The van der Waals surface area contributed by atoms with Crippen LogP contribution in [0.3, 0.4) is 0 Å². The molecular weight excluding hydrogens is 297 g/mol. The van der Waals surface area contributed by atoms with Gasteiger partial charge in [0.2, 0.25) is 0 Å². The predicted octanol–water partition coefficient (Wildman–Crippen LogP) is 2.71. The van der Waals surface area contributed by atoms with Gasteiger partial charge in [-0.25, -0.2) is 9.37 Å².